The number of carbonyl (C=O) groups is 3. The molecular weight excluding hydrogens is 414 g/mol. The summed E-state index contributed by atoms with van der Waals surface area (Å²) in [5.74, 6) is 1.23. The molecule has 3 unspecified atom stereocenters. The summed E-state index contributed by atoms with van der Waals surface area (Å²) in [6.07, 6.45) is 9.91. The van der Waals surface area contributed by atoms with Gasteiger partial charge in [0, 0.05) is 44.2 Å². The van der Waals surface area contributed by atoms with Gasteiger partial charge in [-0.25, -0.2) is 0 Å². The maximum Gasteiger partial charge on any atom is 0.254 e. The van der Waals surface area contributed by atoms with Crippen molar-refractivity contribution >= 4 is 17.7 Å². The molecule has 3 saturated heterocycles. The number of hydrogen-bond donors (Lipinski definition) is 0. The van der Waals surface area contributed by atoms with Crippen LogP contribution in [0.2, 0.25) is 0 Å². The van der Waals surface area contributed by atoms with E-state index in [0.717, 1.165) is 64.5 Å². The van der Waals surface area contributed by atoms with Crippen LogP contribution in [0.15, 0.2) is 30.3 Å². The summed E-state index contributed by atoms with van der Waals surface area (Å²) in [7, 11) is 0. The Labute approximate surface area is 197 Å². The van der Waals surface area contributed by atoms with Crippen LogP contribution in [0.25, 0.3) is 0 Å². The minimum atomic E-state index is -0.339. The molecule has 178 valence electrons. The minimum absolute atomic E-state index is 0.00875. The highest BCUT2D eigenvalue weighted by molar-refractivity contribution is 5.98. The van der Waals surface area contributed by atoms with Gasteiger partial charge < -0.3 is 14.7 Å². The van der Waals surface area contributed by atoms with Crippen LogP contribution in [0.5, 0.6) is 0 Å². The predicted molar refractivity (Wildman–Crippen MR) is 126 cm³/mol. The van der Waals surface area contributed by atoms with Gasteiger partial charge in [-0.1, -0.05) is 31.0 Å². The fourth-order valence-corrected chi connectivity index (χ4v) is 6.61. The summed E-state index contributed by atoms with van der Waals surface area (Å²) >= 11 is 0. The van der Waals surface area contributed by atoms with Gasteiger partial charge in [-0.3, -0.25) is 14.4 Å². The lowest BCUT2D eigenvalue weighted by Crippen LogP contribution is -2.52. The Morgan fingerprint density at radius 2 is 1.48 bits per heavy atom. The van der Waals surface area contributed by atoms with Crippen LogP contribution in [0, 0.1) is 11.8 Å². The molecular formula is C27H37N3O3. The summed E-state index contributed by atoms with van der Waals surface area (Å²) in [5.41, 5.74) is 0.681. The highest BCUT2D eigenvalue weighted by Crippen LogP contribution is 2.41. The first-order valence-electron chi connectivity index (χ1n) is 13.1. The fourth-order valence-electron chi connectivity index (χ4n) is 6.61. The lowest BCUT2D eigenvalue weighted by molar-refractivity contribution is -0.137. The number of hydrogen-bond acceptors (Lipinski definition) is 3. The Balaban J connectivity index is 1.24. The maximum absolute atomic E-state index is 13.7. The van der Waals surface area contributed by atoms with Crippen molar-refractivity contribution in [2.75, 3.05) is 26.2 Å². The van der Waals surface area contributed by atoms with Crippen molar-refractivity contribution < 1.29 is 14.4 Å². The van der Waals surface area contributed by atoms with Crippen molar-refractivity contribution in [2.45, 2.75) is 76.3 Å². The number of carbonyl (C=O) groups excluding carboxylic acids is 3. The fraction of sp³-hybridized carbons (Fsp3) is 0.667. The quantitative estimate of drug-likeness (QED) is 0.701. The lowest BCUT2D eigenvalue weighted by atomic mass is 9.84. The molecule has 3 atom stereocenters. The number of amides is 3. The van der Waals surface area contributed by atoms with E-state index < -0.39 is 0 Å². The van der Waals surface area contributed by atoms with E-state index in [-0.39, 0.29) is 29.8 Å². The number of likely N-dealkylation sites (tertiary alicyclic amines) is 3. The Morgan fingerprint density at radius 1 is 0.788 bits per heavy atom. The third-order valence-electron chi connectivity index (χ3n) is 8.48. The molecule has 1 aliphatic carbocycles. The van der Waals surface area contributed by atoms with Crippen molar-refractivity contribution in [1.82, 2.24) is 14.7 Å². The Kier molecular flexibility index (Phi) is 6.70. The molecule has 5 rings (SSSR count). The Bertz CT molecular complexity index is 859. The second-order valence-corrected chi connectivity index (χ2v) is 10.5. The van der Waals surface area contributed by atoms with Crippen molar-refractivity contribution in [3.8, 4) is 0 Å². The van der Waals surface area contributed by atoms with Gasteiger partial charge in [0.2, 0.25) is 11.8 Å². The van der Waals surface area contributed by atoms with Crippen LogP contribution in [-0.2, 0) is 9.59 Å². The van der Waals surface area contributed by atoms with Gasteiger partial charge in [0.1, 0.15) is 6.04 Å². The third-order valence-corrected chi connectivity index (χ3v) is 8.48. The molecule has 1 aromatic carbocycles. The molecule has 3 aliphatic heterocycles. The molecule has 33 heavy (non-hydrogen) atoms. The maximum atomic E-state index is 13.7. The summed E-state index contributed by atoms with van der Waals surface area (Å²) in [6.45, 7) is 3.23. The number of fused-ring (bicyclic) bond motifs is 1. The van der Waals surface area contributed by atoms with Crippen molar-refractivity contribution in [2.24, 2.45) is 11.8 Å². The molecule has 4 fully saturated rings. The number of benzene rings is 1. The highest BCUT2D eigenvalue weighted by Gasteiger charge is 2.48. The first-order chi connectivity index (χ1) is 16.1. The third kappa shape index (κ3) is 4.67. The van der Waals surface area contributed by atoms with E-state index >= 15 is 0 Å². The van der Waals surface area contributed by atoms with Crippen molar-refractivity contribution in [3.05, 3.63) is 35.9 Å². The minimum Gasteiger partial charge on any atom is -0.343 e. The summed E-state index contributed by atoms with van der Waals surface area (Å²) < 4.78 is 0. The molecule has 0 spiro atoms. The van der Waals surface area contributed by atoms with Gasteiger partial charge in [0.25, 0.3) is 5.91 Å². The van der Waals surface area contributed by atoms with Crippen LogP contribution in [0.1, 0.15) is 74.6 Å². The van der Waals surface area contributed by atoms with E-state index in [1.807, 2.05) is 45.0 Å². The van der Waals surface area contributed by atoms with Crippen molar-refractivity contribution in [3.63, 3.8) is 0 Å². The largest absolute Gasteiger partial charge is 0.343 e. The van der Waals surface area contributed by atoms with E-state index in [4.69, 9.17) is 0 Å². The Morgan fingerprint density at radius 3 is 2.21 bits per heavy atom. The smallest absolute Gasteiger partial charge is 0.254 e. The zero-order valence-corrected chi connectivity index (χ0v) is 19.7. The summed E-state index contributed by atoms with van der Waals surface area (Å²) in [5, 5.41) is 0. The van der Waals surface area contributed by atoms with E-state index in [0.29, 0.717) is 36.9 Å². The normalized spacial score (nSPS) is 28.1. The van der Waals surface area contributed by atoms with Gasteiger partial charge in [-0.2, -0.15) is 0 Å². The van der Waals surface area contributed by atoms with Gasteiger partial charge >= 0.3 is 0 Å². The molecule has 0 radical (unpaired) electrons. The van der Waals surface area contributed by atoms with Crippen LogP contribution < -0.4 is 0 Å². The second-order valence-electron chi connectivity index (χ2n) is 10.5. The first-order valence-corrected chi connectivity index (χ1v) is 13.1. The van der Waals surface area contributed by atoms with E-state index in [1.165, 1.54) is 6.42 Å². The van der Waals surface area contributed by atoms with Crippen LogP contribution in [-0.4, -0.2) is 70.7 Å². The zero-order valence-electron chi connectivity index (χ0n) is 19.7. The molecule has 1 aromatic rings. The van der Waals surface area contributed by atoms with Gasteiger partial charge in [-0.15, -0.1) is 0 Å². The summed E-state index contributed by atoms with van der Waals surface area (Å²) in [6, 6.07) is 9.29. The zero-order chi connectivity index (χ0) is 22.8. The first kappa shape index (κ1) is 22.4. The monoisotopic (exact) mass is 451 g/mol. The van der Waals surface area contributed by atoms with E-state index in [1.54, 1.807) is 0 Å². The second kappa shape index (κ2) is 9.86. The molecule has 0 N–H and O–H groups in total. The topological polar surface area (TPSA) is 60.9 Å². The standard InChI is InChI=1S/C27H37N3O3/c31-25(28-14-6-7-15-28)18-20-12-16-29(17-13-20)27(33)24-19-22-10-4-5-11-23(22)30(24)26(32)21-8-2-1-3-9-21/h1-3,8-9,20,22-24H,4-7,10-19H2. The highest BCUT2D eigenvalue weighted by atomic mass is 16.2. The van der Waals surface area contributed by atoms with E-state index in [9.17, 15) is 14.4 Å². The molecule has 6 nitrogen and oxygen atoms in total. The lowest BCUT2D eigenvalue weighted by Gasteiger charge is -2.37. The number of rotatable bonds is 4. The molecule has 6 heteroatoms. The number of nitrogens with zero attached hydrogens (tertiary/aromatic N) is 3. The molecule has 4 aliphatic rings. The molecule has 1 saturated carbocycles. The van der Waals surface area contributed by atoms with Gasteiger partial charge in [-0.05, 0) is 68.9 Å². The van der Waals surface area contributed by atoms with Gasteiger partial charge in [0.15, 0.2) is 0 Å². The molecule has 0 aromatic heterocycles. The molecule has 3 heterocycles. The number of piperidine rings is 1. The van der Waals surface area contributed by atoms with Crippen LogP contribution >= 0.6 is 0 Å². The summed E-state index contributed by atoms with van der Waals surface area (Å²) in [4.78, 5) is 45.7. The van der Waals surface area contributed by atoms with Crippen LogP contribution in [0.4, 0.5) is 0 Å². The van der Waals surface area contributed by atoms with E-state index in [2.05, 4.69) is 0 Å². The Hall–Kier alpha value is -2.37. The van der Waals surface area contributed by atoms with Crippen molar-refractivity contribution in [1.29, 1.82) is 0 Å². The van der Waals surface area contributed by atoms with Crippen LogP contribution in [0.3, 0.4) is 0 Å². The SMILES string of the molecule is O=C(CC1CCN(C(=O)C2CC3CCCCC3N2C(=O)c2ccccc2)CC1)N1CCCC1. The molecule has 3 amide bonds. The van der Waals surface area contributed by atoms with Gasteiger partial charge in [0.05, 0.1) is 0 Å². The average Bonchev–Trinajstić information content (AvgIpc) is 3.53. The molecule has 0 bridgehead atoms. The average molecular weight is 452 g/mol. The predicted octanol–water partition coefficient (Wildman–Crippen LogP) is 3.71.